The third kappa shape index (κ3) is 3.00. The molecule has 0 unspecified atom stereocenters. The molecular weight excluding hydrogens is 332 g/mol. The van der Waals surface area contributed by atoms with Gasteiger partial charge >= 0.3 is 6.03 Å². The number of carbonyl (C=O) groups excluding carboxylic acids is 1. The molecule has 0 fully saturated rings. The molecule has 4 nitrogen and oxygen atoms in total. The molecule has 2 aromatic carbocycles. The Balaban J connectivity index is 1.78. The van der Waals surface area contributed by atoms with Crippen molar-refractivity contribution in [3.8, 4) is 0 Å². The molecular formula is C14H8ClF2N3OS. The number of hydrogen-bond donors (Lipinski definition) is 2. The maximum Gasteiger partial charge on any atom is 0.325 e. The Morgan fingerprint density at radius 3 is 2.77 bits per heavy atom. The lowest BCUT2D eigenvalue weighted by Crippen LogP contribution is -2.20. The highest BCUT2D eigenvalue weighted by Gasteiger charge is 2.12. The Hall–Kier alpha value is -2.25. The number of fused-ring (bicyclic) bond motifs is 1. The van der Waals surface area contributed by atoms with Gasteiger partial charge in [0.15, 0.2) is 5.13 Å². The number of urea groups is 1. The van der Waals surface area contributed by atoms with Gasteiger partial charge in [0.2, 0.25) is 0 Å². The van der Waals surface area contributed by atoms with E-state index < -0.39 is 17.7 Å². The molecule has 0 aliphatic rings. The molecule has 0 saturated carbocycles. The first-order valence-corrected chi connectivity index (χ1v) is 7.30. The number of thiazole rings is 1. The summed E-state index contributed by atoms with van der Waals surface area (Å²) in [5, 5.41) is 5.52. The fourth-order valence-electron chi connectivity index (χ4n) is 1.81. The zero-order chi connectivity index (χ0) is 15.7. The number of nitrogens with zero attached hydrogens (tertiary/aromatic N) is 1. The van der Waals surface area contributed by atoms with Gasteiger partial charge in [0.1, 0.15) is 11.6 Å². The SMILES string of the molecule is O=C(Nc1nc2cccc(Cl)c2s1)Nc1cc(F)ccc1F. The van der Waals surface area contributed by atoms with Crippen LogP contribution in [0.4, 0.5) is 24.4 Å². The fraction of sp³-hybridized carbons (Fsp3) is 0. The van der Waals surface area contributed by atoms with Crippen LogP contribution in [0.5, 0.6) is 0 Å². The van der Waals surface area contributed by atoms with Gasteiger partial charge in [-0.05, 0) is 24.3 Å². The van der Waals surface area contributed by atoms with Crippen molar-refractivity contribution in [3.05, 3.63) is 53.1 Å². The number of amides is 2. The second-order valence-corrected chi connectivity index (χ2v) is 5.72. The normalized spacial score (nSPS) is 10.7. The molecule has 0 spiro atoms. The Morgan fingerprint density at radius 2 is 2.00 bits per heavy atom. The smallest absolute Gasteiger partial charge is 0.305 e. The maximum atomic E-state index is 13.4. The monoisotopic (exact) mass is 339 g/mol. The van der Waals surface area contributed by atoms with Crippen LogP contribution >= 0.6 is 22.9 Å². The maximum absolute atomic E-state index is 13.4. The first-order valence-electron chi connectivity index (χ1n) is 6.11. The van der Waals surface area contributed by atoms with Gasteiger partial charge in [-0.3, -0.25) is 5.32 Å². The summed E-state index contributed by atoms with van der Waals surface area (Å²) in [6, 6.07) is 7.29. The van der Waals surface area contributed by atoms with Crippen molar-refractivity contribution in [2.45, 2.75) is 0 Å². The average molecular weight is 340 g/mol. The molecule has 0 atom stereocenters. The van der Waals surface area contributed by atoms with Crippen LogP contribution in [0, 0.1) is 11.6 Å². The summed E-state index contributed by atoms with van der Waals surface area (Å²) >= 11 is 7.21. The van der Waals surface area contributed by atoms with E-state index in [1.165, 1.54) is 11.3 Å². The molecule has 2 amide bonds. The van der Waals surface area contributed by atoms with Gasteiger partial charge in [0.05, 0.1) is 20.9 Å². The van der Waals surface area contributed by atoms with Crippen LogP contribution in [0.15, 0.2) is 36.4 Å². The average Bonchev–Trinajstić information content (AvgIpc) is 2.86. The van der Waals surface area contributed by atoms with Crippen LogP contribution < -0.4 is 10.6 Å². The molecule has 3 aromatic rings. The number of halogens is 3. The predicted molar refractivity (Wildman–Crippen MR) is 83.6 cm³/mol. The minimum Gasteiger partial charge on any atom is -0.305 e. The molecule has 0 aliphatic heterocycles. The minimum atomic E-state index is -0.733. The summed E-state index contributed by atoms with van der Waals surface area (Å²) in [5.41, 5.74) is 0.390. The Kier molecular flexibility index (Phi) is 3.91. The van der Waals surface area contributed by atoms with Crippen molar-refractivity contribution < 1.29 is 13.6 Å². The lowest BCUT2D eigenvalue weighted by atomic mass is 10.3. The van der Waals surface area contributed by atoms with Crippen molar-refractivity contribution in [2.24, 2.45) is 0 Å². The highest BCUT2D eigenvalue weighted by Crippen LogP contribution is 2.31. The van der Waals surface area contributed by atoms with E-state index in [2.05, 4.69) is 15.6 Å². The van der Waals surface area contributed by atoms with Crippen molar-refractivity contribution in [1.29, 1.82) is 0 Å². The topological polar surface area (TPSA) is 54.0 Å². The van der Waals surface area contributed by atoms with Crippen molar-refractivity contribution >= 4 is 50.0 Å². The predicted octanol–water partition coefficient (Wildman–Crippen LogP) is 4.87. The van der Waals surface area contributed by atoms with Crippen LogP contribution in [0.25, 0.3) is 10.2 Å². The number of nitrogens with one attached hydrogen (secondary N) is 2. The highest BCUT2D eigenvalue weighted by molar-refractivity contribution is 7.23. The molecule has 0 bridgehead atoms. The third-order valence-corrected chi connectivity index (χ3v) is 4.21. The largest absolute Gasteiger partial charge is 0.325 e. The molecule has 112 valence electrons. The van der Waals surface area contributed by atoms with Gasteiger partial charge in [-0.25, -0.2) is 18.6 Å². The third-order valence-electron chi connectivity index (χ3n) is 2.76. The number of aromatic nitrogens is 1. The van der Waals surface area contributed by atoms with E-state index in [-0.39, 0.29) is 5.69 Å². The van der Waals surface area contributed by atoms with Crippen LogP contribution in [-0.2, 0) is 0 Å². The number of benzene rings is 2. The first-order chi connectivity index (χ1) is 10.5. The Labute approximate surface area is 132 Å². The van der Waals surface area contributed by atoms with E-state index in [9.17, 15) is 13.6 Å². The van der Waals surface area contributed by atoms with Crippen LogP contribution in [0.2, 0.25) is 5.02 Å². The van der Waals surface area contributed by atoms with E-state index >= 15 is 0 Å². The Morgan fingerprint density at radius 1 is 1.18 bits per heavy atom. The summed E-state index contributed by atoms with van der Waals surface area (Å²) in [4.78, 5) is 16.0. The molecule has 3 rings (SSSR count). The van der Waals surface area contributed by atoms with E-state index in [4.69, 9.17) is 11.6 Å². The quantitative estimate of drug-likeness (QED) is 0.699. The fourth-order valence-corrected chi connectivity index (χ4v) is 2.96. The van der Waals surface area contributed by atoms with Crippen molar-refractivity contribution in [2.75, 3.05) is 10.6 Å². The second-order valence-electron chi connectivity index (χ2n) is 4.31. The number of carbonyl (C=O) groups is 1. The molecule has 0 radical (unpaired) electrons. The molecule has 1 heterocycles. The van der Waals surface area contributed by atoms with Gasteiger partial charge in [0, 0.05) is 6.07 Å². The summed E-state index contributed by atoms with van der Waals surface area (Å²) in [7, 11) is 0. The van der Waals surface area contributed by atoms with E-state index in [1.807, 2.05) is 0 Å². The van der Waals surface area contributed by atoms with Gasteiger partial charge in [-0.15, -0.1) is 0 Å². The summed E-state index contributed by atoms with van der Waals surface area (Å²) in [6.45, 7) is 0. The zero-order valence-electron chi connectivity index (χ0n) is 10.9. The molecule has 22 heavy (non-hydrogen) atoms. The van der Waals surface area contributed by atoms with Crippen molar-refractivity contribution in [3.63, 3.8) is 0 Å². The number of hydrogen-bond acceptors (Lipinski definition) is 3. The molecule has 2 N–H and O–H groups in total. The first kappa shape index (κ1) is 14.7. The lowest BCUT2D eigenvalue weighted by Gasteiger charge is -2.06. The van der Waals surface area contributed by atoms with Crippen LogP contribution in [0.3, 0.4) is 0 Å². The number of rotatable bonds is 2. The molecule has 0 saturated heterocycles. The highest BCUT2D eigenvalue weighted by atomic mass is 35.5. The standard InChI is InChI=1S/C14H8ClF2N3OS/c15-8-2-1-3-10-12(8)22-14(19-10)20-13(21)18-11-6-7(16)4-5-9(11)17/h1-6H,(H2,18,19,20,21). The molecule has 8 heteroatoms. The van der Waals surface area contributed by atoms with Gasteiger partial charge in [0.25, 0.3) is 0 Å². The Bertz CT molecular complexity index is 868. The van der Waals surface area contributed by atoms with E-state index in [0.717, 1.165) is 22.9 Å². The van der Waals surface area contributed by atoms with Crippen molar-refractivity contribution in [1.82, 2.24) is 4.98 Å². The zero-order valence-corrected chi connectivity index (χ0v) is 12.4. The summed E-state index contributed by atoms with van der Waals surface area (Å²) in [5.74, 6) is -1.38. The summed E-state index contributed by atoms with van der Waals surface area (Å²) in [6.07, 6.45) is 0. The van der Waals surface area contributed by atoms with Gasteiger partial charge < -0.3 is 5.32 Å². The number of anilines is 2. The second kappa shape index (κ2) is 5.86. The minimum absolute atomic E-state index is 0.253. The van der Waals surface area contributed by atoms with E-state index in [1.54, 1.807) is 18.2 Å². The van der Waals surface area contributed by atoms with Crippen LogP contribution in [0.1, 0.15) is 0 Å². The molecule has 1 aromatic heterocycles. The lowest BCUT2D eigenvalue weighted by molar-refractivity contribution is 0.262. The summed E-state index contributed by atoms with van der Waals surface area (Å²) < 4.78 is 27.2. The van der Waals surface area contributed by atoms with Crippen LogP contribution in [-0.4, -0.2) is 11.0 Å². The van der Waals surface area contributed by atoms with E-state index in [0.29, 0.717) is 15.7 Å². The molecule has 0 aliphatic carbocycles. The van der Waals surface area contributed by atoms with Gasteiger partial charge in [-0.1, -0.05) is 29.0 Å². The van der Waals surface area contributed by atoms with Gasteiger partial charge in [-0.2, -0.15) is 0 Å².